The average molecular weight is 360 g/mol. The highest BCUT2D eigenvalue weighted by atomic mass is 35.5. The Morgan fingerprint density at radius 1 is 1.12 bits per heavy atom. The van der Waals surface area contributed by atoms with Gasteiger partial charge in [0.15, 0.2) is 0 Å². The molecule has 4 nitrogen and oxygen atoms in total. The molecule has 0 saturated carbocycles. The van der Waals surface area contributed by atoms with Gasteiger partial charge in [0.05, 0.1) is 0 Å². The molecule has 5 heteroatoms. The molecule has 0 radical (unpaired) electrons. The molecule has 25 heavy (non-hydrogen) atoms. The van der Waals surface area contributed by atoms with Gasteiger partial charge in [0.25, 0.3) is 5.91 Å². The lowest BCUT2D eigenvalue weighted by Gasteiger charge is -2.33. The number of nitrogens with zero attached hydrogens (tertiary/aromatic N) is 1. The van der Waals surface area contributed by atoms with Crippen LogP contribution >= 0.6 is 12.4 Å². The van der Waals surface area contributed by atoms with E-state index in [0.717, 1.165) is 48.4 Å². The summed E-state index contributed by atoms with van der Waals surface area (Å²) in [7, 11) is 2.14. The van der Waals surface area contributed by atoms with Crippen LogP contribution in [0, 0.1) is 6.92 Å². The Kier molecular flexibility index (Phi) is 6.85. The summed E-state index contributed by atoms with van der Waals surface area (Å²) in [6, 6.07) is 16.3. The standard InChI is InChI=1S/C20H25N3O.ClH/c1-15-6-3-4-9-19(15)20(24)22-16-7-5-8-18(14-16)23(2)17-10-12-21-13-11-17;/h3-9,14,17,21H,10-13H2,1-2H3,(H,22,24);1H. The van der Waals surface area contributed by atoms with Gasteiger partial charge in [-0.3, -0.25) is 4.79 Å². The zero-order valence-corrected chi connectivity index (χ0v) is 15.6. The number of carbonyl (C=O) groups excluding carboxylic acids is 1. The second-order valence-electron chi connectivity index (χ2n) is 6.41. The fraction of sp³-hybridized carbons (Fsp3) is 0.350. The minimum absolute atomic E-state index is 0. The smallest absolute Gasteiger partial charge is 0.255 e. The molecule has 134 valence electrons. The van der Waals surface area contributed by atoms with Crippen LogP contribution in [0.25, 0.3) is 0 Å². The molecule has 1 fully saturated rings. The number of hydrogen-bond acceptors (Lipinski definition) is 3. The molecule has 2 aromatic rings. The fourth-order valence-electron chi connectivity index (χ4n) is 3.23. The van der Waals surface area contributed by atoms with Crippen molar-refractivity contribution in [1.29, 1.82) is 0 Å². The third-order valence-corrected chi connectivity index (χ3v) is 4.76. The summed E-state index contributed by atoms with van der Waals surface area (Å²) in [4.78, 5) is 14.8. The van der Waals surface area contributed by atoms with Crippen LogP contribution in [0.4, 0.5) is 11.4 Å². The van der Waals surface area contributed by atoms with Crippen molar-refractivity contribution in [1.82, 2.24) is 5.32 Å². The topological polar surface area (TPSA) is 44.4 Å². The number of halogens is 1. The molecule has 0 unspecified atom stereocenters. The van der Waals surface area contributed by atoms with Crippen LogP contribution in [0.2, 0.25) is 0 Å². The van der Waals surface area contributed by atoms with Crippen LogP contribution in [0.1, 0.15) is 28.8 Å². The summed E-state index contributed by atoms with van der Waals surface area (Å²) in [5.74, 6) is -0.0604. The van der Waals surface area contributed by atoms with E-state index in [9.17, 15) is 4.79 Å². The van der Waals surface area contributed by atoms with Gasteiger partial charge in [-0.05, 0) is 62.7 Å². The van der Waals surface area contributed by atoms with Crippen LogP contribution in [0.5, 0.6) is 0 Å². The molecule has 2 N–H and O–H groups in total. The monoisotopic (exact) mass is 359 g/mol. The predicted octanol–water partition coefficient (Wildman–Crippen LogP) is 3.86. The maximum atomic E-state index is 12.5. The van der Waals surface area contributed by atoms with Crippen LogP contribution in [0.3, 0.4) is 0 Å². The van der Waals surface area contributed by atoms with Crippen molar-refractivity contribution in [3.05, 3.63) is 59.7 Å². The first-order valence-corrected chi connectivity index (χ1v) is 8.56. The lowest BCUT2D eigenvalue weighted by Crippen LogP contribution is -2.41. The first kappa shape index (κ1) is 19.3. The van der Waals surface area contributed by atoms with Gasteiger partial charge in [-0.2, -0.15) is 0 Å². The molecule has 2 aromatic carbocycles. The highest BCUT2D eigenvalue weighted by molar-refractivity contribution is 6.05. The van der Waals surface area contributed by atoms with Gasteiger partial charge in [-0.25, -0.2) is 0 Å². The number of benzene rings is 2. The second kappa shape index (κ2) is 8.88. The summed E-state index contributed by atoms with van der Waals surface area (Å²) in [5.41, 5.74) is 3.68. The van der Waals surface area contributed by atoms with E-state index in [0.29, 0.717) is 6.04 Å². The highest BCUT2D eigenvalue weighted by Gasteiger charge is 2.18. The van der Waals surface area contributed by atoms with E-state index in [1.54, 1.807) is 0 Å². The average Bonchev–Trinajstić information content (AvgIpc) is 2.62. The highest BCUT2D eigenvalue weighted by Crippen LogP contribution is 2.23. The van der Waals surface area contributed by atoms with E-state index < -0.39 is 0 Å². The van der Waals surface area contributed by atoms with Crippen molar-refractivity contribution in [3.8, 4) is 0 Å². The van der Waals surface area contributed by atoms with Crippen molar-refractivity contribution < 1.29 is 4.79 Å². The Labute approximate surface area is 156 Å². The van der Waals surface area contributed by atoms with Crippen LogP contribution in [0.15, 0.2) is 48.5 Å². The minimum Gasteiger partial charge on any atom is -0.371 e. The molecule has 1 saturated heterocycles. The molecule has 0 atom stereocenters. The maximum Gasteiger partial charge on any atom is 0.255 e. The third kappa shape index (κ3) is 4.74. The van der Waals surface area contributed by atoms with Crippen molar-refractivity contribution in [2.45, 2.75) is 25.8 Å². The number of nitrogens with one attached hydrogen (secondary N) is 2. The number of amides is 1. The van der Waals surface area contributed by atoms with Gasteiger partial charge < -0.3 is 15.5 Å². The van der Waals surface area contributed by atoms with E-state index in [-0.39, 0.29) is 18.3 Å². The molecule has 3 rings (SSSR count). The van der Waals surface area contributed by atoms with Crippen molar-refractivity contribution in [2.24, 2.45) is 0 Å². The quantitative estimate of drug-likeness (QED) is 0.871. The molecule has 1 amide bonds. The molecule has 1 aliphatic rings. The lowest BCUT2D eigenvalue weighted by molar-refractivity contribution is 0.102. The second-order valence-corrected chi connectivity index (χ2v) is 6.41. The Bertz CT molecular complexity index is 714. The van der Waals surface area contributed by atoms with Crippen molar-refractivity contribution >= 4 is 29.7 Å². The Hall–Kier alpha value is -2.04. The predicted molar refractivity (Wildman–Crippen MR) is 107 cm³/mol. The first-order chi connectivity index (χ1) is 11.6. The van der Waals surface area contributed by atoms with E-state index in [1.165, 1.54) is 0 Å². The van der Waals surface area contributed by atoms with Gasteiger partial charge >= 0.3 is 0 Å². The van der Waals surface area contributed by atoms with Gasteiger partial charge in [-0.1, -0.05) is 24.3 Å². The van der Waals surface area contributed by atoms with E-state index in [2.05, 4.69) is 34.7 Å². The first-order valence-electron chi connectivity index (χ1n) is 8.56. The van der Waals surface area contributed by atoms with Gasteiger partial charge in [0, 0.05) is 30.0 Å². The van der Waals surface area contributed by atoms with Gasteiger partial charge in [-0.15, -0.1) is 12.4 Å². The lowest BCUT2D eigenvalue weighted by atomic mass is 10.0. The van der Waals surface area contributed by atoms with Crippen LogP contribution < -0.4 is 15.5 Å². The molecule has 0 aromatic heterocycles. The Morgan fingerprint density at radius 2 is 1.84 bits per heavy atom. The molecule has 0 spiro atoms. The third-order valence-electron chi connectivity index (χ3n) is 4.76. The van der Waals surface area contributed by atoms with E-state index in [4.69, 9.17) is 0 Å². The number of anilines is 2. The molecule has 0 bridgehead atoms. The molecule has 1 aliphatic heterocycles. The summed E-state index contributed by atoms with van der Waals surface area (Å²) in [6.45, 7) is 4.09. The number of carbonyl (C=O) groups is 1. The van der Waals surface area contributed by atoms with Crippen LogP contribution in [-0.4, -0.2) is 32.1 Å². The van der Waals surface area contributed by atoms with Crippen LogP contribution in [-0.2, 0) is 0 Å². The largest absolute Gasteiger partial charge is 0.371 e. The number of hydrogen-bond donors (Lipinski definition) is 2. The normalized spacial score (nSPS) is 14.5. The number of piperidine rings is 1. The molecular formula is C20H26ClN3O. The molecule has 0 aliphatic carbocycles. The molecular weight excluding hydrogens is 334 g/mol. The fourth-order valence-corrected chi connectivity index (χ4v) is 3.23. The summed E-state index contributed by atoms with van der Waals surface area (Å²) in [6.07, 6.45) is 2.30. The zero-order valence-electron chi connectivity index (χ0n) is 14.8. The maximum absolute atomic E-state index is 12.5. The zero-order chi connectivity index (χ0) is 16.9. The molecule has 1 heterocycles. The number of aryl methyl sites for hydroxylation is 1. The SMILES string of the molecule is Cc1ccccc1C(=O)Nc1cccc(N(C)C2CCNCC2)c1.Cl. The van der Waals surface area contributed by atoms with Crippen molar-refractivity contribution in [3.63, 3.8) is 0 Å². The van der Waals surface area contributed by atoms with Crippen molar-refractivity contribution in [2.75, 3.05) is 30.4 Å². The Morgan fingerprint density at radius 3 is 2.56 bits per heavy atom. The number of rotatable bonds is 4. The van der Waals surface area contributed by atoms with E-state index >= 15 is 0 Å². The van der Waals surface area contributed by atoms with Gasteiger partial charge in [0.1, 0.15) is 0 Å². The summed E-state index contributed by atoms with van der Waals surface area (Å²) >= 11 is 0. The summed E-state index contributed by atoms with van der Waals surface area (Å²) < 4.78 is 0. The minimum atomic E-state index is -0.0604. The Balaban J connectivity index is 0.00000225. The van der Waals surface area contributed by atoms with E-state index in [1.807, 2.05) is 43.3 Å². The summed E-state index contributed by atoms with van der Waals surface area (Å²) in [5, 5.41) is 6.42. The van der Waals surface area contributed by atoms with Gasteiger partial charge in [0.2, 0.25) is 0 Å².